The number of aryl methyl sites for hydroxylation is 1. The SMILES string of the molecule is CC(=O)CCc1cccc(NC(=O)c2ccccc2C(=O)O)c1.CCC(C)c1ccc(CC(=O)c2ccccc2C(=O)O)cc1.CN(Cc1cccc(CC(=O)c2ccccc2C(=O)O)c1)S(C)(=O)=O.COCCOc1ccc(CC(=O)c2ccccc2C(=O)O)cc1.CS(=O)(=O)NCc1cccc(CC(=O)c2ccccc2C(=O)O)c1.O=C(O)c1ccccc1C(=O)Nc1ccc(OCCO)cc1. The lowest BCUT2D eigenvalue weighted by atomic mass is 9.95. The first kappa shape index (κ1) is 110. The lowest BCUT2D eigenvalue weighted by Gasteiger charge is -2.14. The number of hydrogen-bond donors (Lipinski definition) is 10. The molecule has 2 amide bonds. The largest absolute Gasteiger partial charge is 0.491 e. The van der Waals surface area contributed by atoms with Crippen LogP contribution in [0.4, 0.5) is 11.4 Å². The van der Waals surface area contributed by atoms with Gasteiger partial charge in [0.15, 0.2) is 23.1 Å². The summed E-state index contributed by atoms with van der Waals surface area (Å²) in [6, 6.07) is 79.6. The molecule has 0 saturated carbocycles. The van der Waals surface area contributed by atoms with E-state index in [9.17, 15) is 84.3 Å². The molecule has 10 N–H and O–H groups in total. The number of aromatic carboxylic acids is 6. The molecule has 1 unspecified atom stereocenters. The highest BCUT2D eigenvalue weighted by Crippen LogP contribution is 2.26. The maximum Gasteiger partial charge on any atom is 0.336 e. The molecule has 12 aromatic carbocycles. The summed E-state index contributed by atoms with van der Waals surface area (Å²) in [4.78, 5) is 152. The van der Waals surface area contributed by atoms with Crippen LogP contribution in [0, 0.1) is 0 Å². The van der Waals surface area contributed by atoms with Gasteiger partial charge >= 0.3 is 35.8 Å². The van der Waals surface area contributed by atoms with Crippen molar-refractivity contribution in [2.75, 3.05) is 63.7 Å². The summed E-state index contributed by atoms with van der Waals surface area (Å²) in [6.07, 6.45) is 4.76. The fourth-order valence-corrected chi connectivity index (χ4v) is 14.1. The van der Waals surface area contributed by atoms with Crippen LogP contribution in [0.2, 0.25) is 0 Å². The predicted molar refractivity (Wildman–Crippen MR) is 523 cm³/mol. The number of carboxylic acid groups (broad SMARTS) is 6. The van der Waals surface area contributed by atoms with Gasteiger partial charge in [-0.3, -0.25) is 28.8 Å². The Labute approximate surface area is 803 Å². The van der Waals surface area contributed by atoms with Crippen LogP contribution in [-0.4, -0.2) is 187 Å². The second-order valence-corrected chi connectivity index (χ2v) is 35.1. The Balaban J connectivity index is 0.000000227. The highest BCUT2D eigenvalue weighted by atomic mass is 32.2. The van der Waals surface area contributed by atoms with E-state index in [0.717, 1.165) is 46.7 Å². The number of anilines is 2. The molecule has 1 atom stereocenters. The highest BCUT2D eigenvalue weighted by Gasteiger charge is 2.24. The van der Waals surface area contributed by atoms with Gasteiger partial charge in [-0.1, -0.05) is 208 Å². The zero-order valence-electron chi connectivity index (χ0n) is 77.0. The number of carbonyl (C=O) groups excluding carboxylic acids is 7. The smallest absolute Gasteiger partial charge is 0.336 e. The number of rotatable bonds is 40. The van der Waals surface area contributed by atoms with Crippen molar-refractivity contribution in [2.24, 2.45) is 0 Å². The maximum absolute atomic E-state index is 12.5. The fourth-order valence-electron chi connectivity index (χ4n) is 13.3. The van der Waals surface area contributed by atoms with Crippen LogP contribution < -0.4 is 24.8 Å². The van der Waals surface area contributed by atoms with Crippen molar-refractivity contribution in [2.45, 2.75) is 84.7 Å². The van der Waals surface area contributed by atoms with Gasteiger partial charge in [-0.05, 0) is 167 Å². The molecule has 0 fully saturated rings. The lowest BCUT2D eigenvalue weighted by molar-refractivity contribution is -0.117. The summed E-state index contributed by atoms with van der Waals surface area (Å²) < 4.78 is 64.4. The van der Waals surface area contributed by atoms with E-state index >= 15 is 0 Å². The van der Waals surface area contributed by atoms with Gasteiger partial charge in [0, 0.05) is 93.0 Å². The minimum atomic E-state index is -3.30. The molecule has 0 aliphatic carbocycles. The molecule has 33 heteroatoms. The zero-order valence-corrected chi connectivity index (χ0v) is 78.7. The van der Waals surface area contributed by atoms with Gasteiger partial charge in [0.2, 0.25) is 20.0 Å². The van der Waals surface area contributed by atoms with E-state index in [1.165, 1.54) is 90.6 Å². The number of amides is 2. The Morgan fingerprint density at radius 2 is 0.683 bits per heavy atom. The van der Waals surface area contributed by atoms with E-state index in [0.29, 0.717) is 66.0 Å². The van der Waals surface area contributed by atoms with Crippen molar-refractivity contribution in [1.82, 2.24) is 9.03 Å². The summed E-state index contributed by atoms with van der Waals surface area (Å²) in [6.45, 7) is 7.26. The second-order valence-electron chi connectivity index (χ2n) is 31.2. The summed E-state index contributed by atoms with van der Waals surface area (Å²) in [5.74, 6) is -6.88. The fraction of sp³-hybridized carbons (Fsp3) is 0.198. The number of carbonyl (C=O) groups is 13. The third kappa shape index (κ3) is 37.0. The number of sulfonamides is 2. The van der Waals surface area contributed by atoms with E-state index in [1.807, 2.05) is 30.3 Å². The molecule has 0 aromatic heterocycles. The van der Waals surface area contributed by atoms with E-state index in [1.54, 1.807) is 201 Å². The number of carboxylic acids is 6. The molecule has 12 aromatic rings. The average molecular weight is 1930 g/mol. The molecular weight excluding hydrogens is 1830 g/mol. The zero-order chi connectivity index (χ0) is 102. The normalized spacial score (nSPS) is 10.9. The van der Waals surface area contributed by atoms with Gasteiger partial charge in [-0.2, -0.15) is 0 Å². The van der Waals surface area contributed by atoms with Crippen molar-refractivity contribution >= 4 is 108 Å². The van der Waals surface area contributed by atoms with Crippen LogP contribution in [0.5, 0.6) is 11.5 Å². The van der Waals surface area contributed by atoms with Crippen molar-refractivity contribution in [1.29, 1.82) is 0 Å². The topological polar surface area (TPSA) is 499 Å². The summed E-state index contributed by atoms with van der Waals surface area (Å²) >= 11 is 0. The number of ketones is 5. The molecule has 0 spiro atoms. The standard InChI is InChI=1S/C19H20O3.C18H19NO5S.C18H17NO4.C18H18O5.C17H17NO5S.C16H15NO5/c1-3-13(2)15-10-8-14(9-11-15)12-18(20)16-6-4-5-7-17(16)19(21)22;1-19(25(2,23)24)12-14-7-5-6-13(10-14)11-17(20)15-8-3-4-9-16(15)18(21)22;1-12(20)9-10-13-5-4-6-14(11-13)19-17(21)15-7-2-3-8-16(15)18(22)23;1-22-10-11-23-14-8-6-13(7-9-14)12-17(19)15-4-2-3-5-16(15)18(20)21;1-24(22,23)18-11-13-6-4-5-12(9-13)10-16(19)14-7-2-3-8-15(14)17(20)21;18-9-10-22-12-7-5-11(6-8-12)17-15(19)13-3-1-2-4-14(13)16(20)21/h4-11,13H,3,12H2,1-2H3,(H,21,22);3-10H,11-12H2,1-2H3,(H,21,22);2-8,11H,9-10H2,1H3,(H,19,21)(H,22,23);2-9H,10-12H2,1H3,(H,20,21);2-9,18H,10-11H2,1H3,(H,20,21);1-8,18H,9-10H2,(H,17,19)(H,20,21). The number of ether oxygens (including phenoxy) is 3. The van der Waals surface area contributed by atoms with Gasteiger partial charge in [0.25, 0.3) is 11.8 Å². The first-order valence-corrected chi connectivity index (χ1v) is 46.8. The summed E-state index contributed by atoms with van der Waals surface area (Å²) in [5, 5.41) is 68.8. The van der Waals surface area contributed by atoms with Gasteiger partial charge in [-0.15, -0.1) is 0 Å². The molecule has 0 aliphatic rings. The Bertz CT molecular complexity index is 6580. The number of aliphatic hydroxyl groups is 1. The second kappa shape index (κ2) is 55.2. The van der Waals surface area contributed by atoms with Gasteiger partial charge in [0.1, 0.15) is 30.5 Å². The van der Waals surface area contributed by atoms with Crippen LogP contribution in [0.1, 0.15) is 208 Å². The Morgan fingerprint density at radius 3 is 1.05 bits per heavy atom. The molecule has 12 rings (SSSR count). The number of Topliss-reactive ketones (excluding diaryl/α,β-unsaturated/α-hetero) is 5. The van der Waals surface area contributed by atoms with Gasteiger partial charge in [-0.25, -0.2) is 54.6 Å². The minimum Gasteiger partial charge on any atom is -0.491 e. The van der Waals surface area contributed by atoms with Crippen LogP contribution in [0.3, 0.4) is 0 Å². The Morgan fingerprint density at radius 1 is 0.360 bits per heavy atom. The molecule has 0 heterocycles. The average Bonchev–Trinajstić information content (AvgIpc) is 0.852. The van der Waals surface area contributed by atoms with Gasteiger partial charge < -0.3 is 65.4 Å². The third-order valence-electron chi connectivity index (χ3n) is 20.7. The van der Waals surface area contributed by atoms with E-state index in [2.05, 4.69) is 29.2 Å². The summed E-state index contributed by atoms with van der Waals surface area (Å²) in [7, 11) is -3.51. The first-order valence-electron chi connectivity index (χ1n) is 43.1. The number of benzene rings is 12. The molecule has 139 heavy (non-hydrogen) atoms. The number of hydrogen-bond acceptors (Lipinski definition) is 21. The number of methoxy groups -OCH3 is 1. The Kier molecular flexibility index (Phi) is 43.7. The molecular formula is C106H106N4O27S2. The van der Waals surface area contributed by atoms with Gasteiger partial charge in [0.05, 0.1) is 70.2 Å². The summed E-state index contributed by atoms with van der Waals surface area (Å²) in [5.41, 5.74) is 8.77. The molecule has 31 nitrogen and oxygen atoms in total. The predicted octanol–water partition coefficient (Wildman–Crippen LogP) is 16.4. The van der Waals surface area contributed by atoms with Crippen LogP contribution in [0.25, 0.3) is 0 Å². The van der Waals surface area contributed by atoms with Crippen molar-refractivity contribution in [3.8, 4) is 11.5 Å². The van der Waals surface area contributed by atoms with Crippen molar-refractivity contribution in [3.05, 3.63) is 402 Å². The van der Waals surface area contributed by atoms with Crippen LogP contribution in [0.15, 0.2) is 291 Å². The van der Waals surface area contributed by atoms with Crippen molar-refractivity contribution < 1.29 is 129 Å². The van der Waals surface area contributed by atoms with Crippen LogP contribution in [-0.2, 0) is 74.8 Å². The minimum absolute atomic E-state index is 0.0250. The van der Waals surface area contributed by atoms with E-state index in [-0.39, 0.29) is 148 Å². The number of nitrogens with zero attached hydrogens (tertiary/aromatic N) is 1. The molecule has 724 valence electrons. The molecule has 0 saturated heterocycles. The molecule has 0 radical (unpaired) electrons. The number of aliphatic hydroxyl groups excluding tert-OH is 1. The number of nitrogens with one attached hydrogen (secondary N) is 3. The highest BCUT2D eigenvalue weighted by molar-refractivity contribution is 7.88. The Hall–Kier alpha value is -15.9. The maximum atomic E-state index is 12.5. The monoisotopic (exact) mass is 1930 g/mol. The van der Waals surface area contributed by atoms with E-state index < -0.39 is 67.7 Å². The molecule has 0 bridgehead atoms. The van der Waals surface area contributed by atoms with Crippen LogP contribution >= 0.6 is 0 Å². The quantitative estimate of drug-likeness (QED) is 0.0126. The third-order valence-corrected chi connectivity index (χ3v) is 22.6. The first-order chi connectivity index (χ1) is 66.2. The van der Waals surface area contributed by atoms with E-state index in [4.69, 9.17) is 44.8 Å². The molecule has 0 aliphatic heterocycles. The lowest BCUT2D eigenvalue weighted by Crippen LogP contribution is -2.24. The van der Waals surface area contributed by atoms with Crippen molar-refractivity contribution in [3.63, 3.8) is 0 Å².